The molecule has 66 heavy (non-hydrogen) atoms. The molecule has 5 aromatic rings. The molecule has 0 spiro atoms. The summed E-state index contributed by atoms with van der Waals surface area (Å²) in [5, 5.41) is 15.3. The first-order valence-electron chi connectivity index (χ1n) is 26.3. The Kier molecular flexibility index (Phi) is 16.3. The summed E-state index contributed by atoms with van der Waals surface area (Å²) < 4.78 is 0. The van der Waals surface area contributed by atoms with E-state index in [-0.39, 0.29) is 44.3 Å². The molecule has 0 aliphatic rings. The summed E-state index contributed by atoms with van der Waals surface area (Å²) in [5.74, 6) is 1.00. The Balaban J connectivity index is 1.26. The first kappa shape index (κ1) is 53.3. The number of amides is 2. The van der Waals surface area contributed by atoms with Crippen LogP contribution in [-0.2, 0) is 0 Å². The van der Waals surface area contributed by atoms with Crippen molar-refractivity contribution in [1.82, 2.24) is 10.6 Å². The summed E-state index contributed by atoms with van der Waals surface area (Å²) in [5.41, 5.74) is 3.22. The lowest BCUT2D eigenvalue weighted by molar-refractivity contribution is -0.0321. The Morgan fingerprint density at radius 3 is 1.35 bits per heavy atom. The van der Waals surface area contributed by atoms with Gasteiger partial charge in [0.05, 0.1) is 0 Å². The third kappa shape index (κ3) is 11.1. The van der Waals surface area contributed by atoms with Crippen molar-refractivity contribution >= 4 is 54.9 Å². The third-order valence-corrected chi connectivity index (χ3v) is 18.9. The van der Waals surface area contributed by atoms with Crippen LogP contribution in [0.4, 0.5) is 0 Å². The van der Waals surface area contributed by atoms with Crippen LogP contribution in [0, 0.1) is 49.7 Å². The van der Waals surface area contributed by atoms with Crippen LogP contribution in [0.3, 0.4) is 0 Å². The van der Waals surface area contributed by atoms with Gasteiger partial charge in [0.1, 0.15) is 0 Å². The van der Waals surface area contributed by atoms with Gasteiger partial charge in [0, 0.05) is 24.2 Å². The molecular weight excluding hydrogens is 805 g/mol. The molecule has 0 radical (unpaired) electrons. The maximum atomic E-state index is 14.1. The predicted molar refractivity (Wildman–Crippen MR) is 289 cm³/mol. The minimum Gasteiger partial charge on any atom is -0.352 e. The molecule has 2 N–H and O–H groups in total. The second-order valence-corrected chi connectivity index (χ2v) is 25.8. The average molecular weight is 899 g/mol. The molecule has 4 heteroatoms. The van der Waals surface area contributed by atoms with Crippen LogP contribution in [0.15, 0.2) is 60.7 Å². The normalized spacial score (nSPS) is 16.9. The molecular formula is C62H94N2O2. The summed E-state index contributed by atoms with van der Waals surface area (Å²) in [6.45, 7) is 44.8. The third-order valence-electron chi connectivity index (χ3n) is 18.9. The number of carbonyl (C=O) groups is 2. The molecule has 0 saturated carbocycles. The van der Waals surface area contributed by atoms with E-state index >= 15 is 0 Å². The highest BCUT2D eigenvalue weighted by atomic mass is 16.2. The van der Waals surface area contributed by atoms with Crippen molar-refractivity contribution in [1.29, 1.82) is 0 Å². The largest absolute Gasteiger partial charge is 0.352 e. The maximum absolute atomic E-state index is 14.1. The van der Waals surface area contributed by atoms with Crippen molar-refractivity contribution in [2.45, 2.75) is 195 Å². The van der Waals surface area contributed by atoms with Gasteiger partial charge in [-0.15, -0.1) is 0 Å². The van der Waals surface area contributed by atoms with E-state index in [9.17, 15) is 9.59 Å². The molecule has 0 aromatic heterocycles. The molecule has 5 aromatic carbocycles. The summed E-state index contributed by atoms with van der Waals surface area (Å²) in [7, 11) is 0. The van der Waals surface area contributed by atoms with Crippen molar-refractivity contribution in [3.8, 4) is 0 Å². The monoisotopic (exact) mass is 899 g/mol. The average Bonchev–Trinajstić information content (AvgIpc) is 3.23. The fourth-order valence-electron chi connectivity index (χ4n) is 11.8. The lowest BCUT2D eigenvalue weighted by Gasteiger charge is -2.53. The minimum atomic E-state index is -0.0155. The smallest absolute Gasteiger partial charge is 0.251 e. The van der Waals surface area contributed by atoms with E-state index in [1.54, 1.807) is 0 Å². The number of carbonyl (C=O) groups excluding carboxylic acids is 2. The molecule has 364 valence electrons. The van der Waals surface area contributed by atoms with Crippen LogP contribution in [0.5, 0.6) is 0 Å². The summed E-state index contributed by atoms with van der Waals surface area (Å²) in [4.78, 5) is 28.0. The zero-order valence-electron chi connectivity index (χ0n) is 45.4. The Morgan fingerprint density at radius 1 is 0.485 bits per heavy atom. The zero-order valence-corrected chi connectivity index (χ0v) is 45.4. The fourth-order valence-corrected chi connectivity index (χ4v) is 11.8. The number of rotatable bonds is 22. The molecule has 0 heterocycles. The second kappa shape index (κ2) is 20.1. The van der Waals surface area contributed by atoms with Gasteiger partial charge in [-0.1, -0.05) is 205 Å². The van der Waals surface area contributed by atoms with Gasteiger partial charge in [0.2, 0.25) is 0 Å². The fraction of sp³-hybridized carbons (Fsp3) is 0.645. The van der Waals surface area contributed by atoms with Gasteiger partial charge in [-0.25, -0.2) is 0 Å². The van der Waals surface area contributed by atoms with Gasteiger partial charge >= 0.3 is 0 Å². The Hall–Kier alpha value is -3.66. The lowest BCUT2D eigenvalue weighted by Crippen LogP contribution is -2.44. The van der Waals surface area contributed by atoms with Gasteiger partial charge < -0.3 is 10.6 Å². The minimum absolute atomic E-state index is 0.0118. The standard InChI is InChI=1S/C62H94N2O2/c1-19-60(16,40-58(12,13)56(6,7)8)36-24-25-42(4)34-37-63-54(65)50-32-30-48-45-27-23-29-47-51(33-31-49(53(45)47)44-26-22-28-46(50)52(44)48)55(66)64-38-35-43(5)39-61(17,20-2)59(14,15)41-62(18,21-3)57(9,10)11/h22-23,26-33,42-43H,19-21,24-25,34-41H2,1-18H3,(H,63,65)(H,64,66). The van der Waals surface area contributed by atoms with Crippen molar-refractivity contribution in [3.05, 3.63) is 71.8 Å². The van der Waals surface area contributed by atoms with Gasteiger partial charge in [-0.2, -0.15) is 0 Å². The highest BCUT2D eigenvalue weighted by Crippen LogP contribution is 2.57. The van der Waals surface area contributed by atoms with Crippen LogP contribution in [0.2, 0.25) is 0 Å². The van der Waals surface area contributed by atoms with E-state index in [4.69, 9.17) is 0 Å². The first-order chi connectivity index (χ1) is 30.6. The molecule has 2 amide bonds. The summed E-state index contributed by atoms with van der Waals surface area (Å²) in [6.07, 6.45) is 12.7. The predicted octanol–water partition coefficient (Wildman–Crippen LogP) is 18.0. The molecule has 0 bridgehead atoms. The van der Waals surface area contributed by atoms with Crippen LogP contribution in [0.25, 0.3) is 43.1 Å². The zero-order chi connectivity index (χ0) is 49.3. The highest BCUT2D eigenvalue weighted by molar-refractivity contribution is 6.35. The first-order valence-corrected chi connectivity index (χ1v) is 26.3. The second-order valence-electron chi connectivity index (χ2n) is 25.8. The SMILES string of the molecule is CCC(C)(CCCC(C)CCNC(=O)c1ccc2c3cccc4c(C(=O)NCCC(C)CC(C)(CC)C(C)(C)CC(C)(CC)C(C)(C)C)ccc(c5cccc1c25)c43)CC(C)(C)C(C)(C)C. The van der Waals surface area contributed by atoms with Crippen LogP contribution < -0.4 is 10.6 Å². The maximum Gasteiger partial charge on any atom is 0.251 e. The van der Waals surface area contributed by atoms with Gasteiger partial charge in [-0.3, -0.25) is 9.59 Å². The van der Waals surface area contributed by atoms with E-state index in [0.29, 0.717) is 35.9 Å². The van der Waals surface area contributed by atoms with Crippen molar-refractivity contribution < 1.29 is 9.59 Å². The van der Waals surface area contributed by atoms with Crippen LogP contribution in [-0.4, -0.2) is 24.9 Å². The van der Waals surface area contributed by atoms with E-state index < -0.39 is 0 Å². The van der Waals surface area contributed by atoms with E-state index in [1.807, 2.05) is 12.1 Å². The van der Waals surface area contributed by atoms with Crippen LogP contribution >= 0.6 is 0 Å². The number of benzene rings is 5. The molecule has 4 nitrogen and oxygen atoms in total. The van der Waals surface area contributed by atoms with Gasteiger partial charge in [-0.05, 0) is 143 Å². The lowest BCUT2D eigenvalue weighted by atomic mass is 9.52. The highest BCUT2D eigenvalue weighted by Gasteiger charge is 2.47. The molecule has 5 rings (SSSR count). The molecule has 5 unspecified atom stereocenters. The molecule has 0 fully saturated rings. The van der Waals surface area contributed by atoms with Crippen molar-refractivity contribution in [2.75, 3.05) is 13.1 Å². The Morgan fingerprint density at radius 2 is 0.924 bits per heavy atom. The molecule has 0 saturated heterocycles. The van der Waals surface area contributed by atoms with E-state index in [1.165, 1.54) is 44.9 Å². The van der Waals surface area contributed by atoms with E-state index in [0.717, 1.165) is 74.3 Å². The van der Waals surface area contributed by atoms with Crippen LogP contribution in [0.1, 0.15) is 216 Å². The summed E-state index contributed by atoms with van der Waals surface area (Å²) in [6, 6.07) is 21.0. The molecule has 0 aliphatic heterocycles. The summed E-state index contributed by atoms with van der Waals surface area (Å²) >= 11 is 0. The molecule has 0 aliphatic carbocycles. The van der Waals surface area contributed by atoms with Crippen molar-refractivity contribution in [2.24, 2.45) is 49.7 Å². The van der Waals surface area contributed by atoms with Gasteiger partial charge in [0.25, 0.3) is 11.8 Å². The number of nitrogens with one attached hydrogen (secondary N) is 2. The van der Waals surface area contributed by atoms with E-state index in [2.05, 4.69) is 184 Å². The Labute approximate surface area is 403 Å². The van der Waals surface area contributed by atoms with Crippen molar-refractivity contribution in [3.63, 3.8) is 0 Å². The number of hydrogen-bond donors (Lipinski definition) is 2. The topological polar surface area (TPSA) is 58.2 Å². The number of hydrogen-bond acceptors (Lipinski definition) is 2. The molecule has 5 atom stereocenters. The van der Waals surface area contributed by atoms with Gasteiger partial charge in [0.15, 0.2) is 0 Å². The Bertz CT molecular complexity index is 2420. The number of fused-ring (bicyclic) bond motifs is 2. The quantitative estimate of drug-likeness (QED) is 0.0537.